The van der Waals surface area contributed by atoms with Crippen LogP contribution in [0.3, 0.4) is 0 Å². The summed E-state index contributed by atoms with van der Waals surface area (Å²) in [4.78, 5) is 0. The molecule has 9 heavy (non-hydrogen) atoms. The lowest BCUT2D eigenvalue weighted by Crippen LogP contribution is -2.32. The van der Waals surface area contributed by atoms with E-state index >= 15 is 0 Å². The van der Waals surface area contributed by atoms with Crippen LogP contribution in [0.2, 0.25) is 0 Å². The van der Waals surface area contributed by atoms with E-state index in [4.69, 9.17) is 10.5 Å². The molecule has 0 rings (SSSR count). The van der Waals surface area contributed by atoms with E-state index in [2.05, 4.69) is 0 Å². The molecule has 0 spiro atoms. The van der Waals surface area contributed by atoms with Crippen molar-refractivity contribution < 1.29 is 0 Å². The molecule has 6 heteroatoms. The Morgan fingerprint density at radius 2 is 2.22 bits per heavy atom. The van der Waals surface area contributed by atoms with Crippen molar-refractivity contribution in [1.82, 2.24) is 4.72 Å². The van der Waals surface area contributed by atoms with Gasteiger partial charge in [0.05, 0.1) is 0 Å². The molecule has 0 saturated carbocycles. The van der Waals surface area contributed by atoms with Crippen LogP contribution in [0.1, 0.15) is 0 Å². The third-order valence-electron chi connectivity index (χ3n) is 0.725. The molecule has 0 aliphatic heterocycles. The number of nitrogens with zero attached hydrogens (tertiary/aromatic N) is 3. The maximum Gasteiger partial charge on any atom is 0.407 e. The Balaban J connectivity index is 3.65. The Morgan fingerprint density at radius 1 is 1.67 bits per heavy atom. The Labute approximate surface area is 68.9 Å². The van der Waals surface area contributed by atoms with E-state index in [1.807, 2.05) is 34.3 Å². The summed E-state index contributed by atoms with van der Waals surface area (Å²) in [5.41, 5.74) is 0. The van der Waals surface area contributed by atoms with Crippen LogP contribution in [0.25, 0.3) is 0 Å². The molecule has 0 unspecified atom stereocenters. The molecule has 0 atom stereocenters. The average Bonchev–Trinajstić information content (AvgIpc) is 1.87. The second kappa shape index (κ2) is 4.66. The summed E-state index contributed by atoms with van der Waals surface area (Å²) in [5, 5.41) is 16.4. The summed E-state index contributed by atoms with van der Waals surface area (Å²) in [7, 11) is 2.99. The van der Waals surface area contributed by atoms with Crippen LogP contribution in [0.15, 0.2) is 0 Å². The highest BCUT2D eigenvalue weighted by Crippen LogP contribution is 1.95. The van der Waals surface area contributed by atoms with Crippen molar-refractivity contribution in [1.29, 1.82) is 10.5 Å². The van der Waals surface area contributed by atoms with Crippen molar-refractivity contribution in [2.24, 2.45) is 0 Å². The number of hydrogen-bond acceptors (Lipinski definition) is 3. The standard InChI is InChI=1S/C3H3B2IN3/c1-9(4-2-7)5(6)3-8/h1H3. The zero-order valence-corrected chi connectivity index (χ0v) is 7.03. The van der Waals surface area contributed by atoms with E-state index in [-0.39, 0.29) is 4.70 Å². The highest BCUT2D eigenvalue weighted by molar-refractivity contribution is 14.1. The second-order valence-corrected chi connectivity index (χ2v) is 2.57. The summed E-state index contributed by atoms with van der Waals surface area (Å²) < 4.78 is 1.29. The zero-order valence-electron chi connectivity index (χ0n) is 4.87. The molecular formula is C3H3B2IN3. The maximum atomic E-state index is 8.30. The molecule has 0 amide bonds. The van der Waals surface area contributed by atoms with Crippen molar-refractivity contribution in [2.45, 2.75) is 0 Å². The van der Waals surface area contributed by atoms with Crippen molar-refractivity contribution in [2.75, 3.05) is 7.05 Å². The van der Waals surface area contributed by atoms with Gasteiger partial charge in [0, 0.05) is 11.9 Å². The molecule has 0 aromatic rings. The van der Waals surface area contributed by atoms with Gasteiger partial charge in [0.2, 0.25) is 0 Å². The predicted molar refractivity (Wildman–Crippen MR) is 44.5 cm³/mol. The molecule has 3 nitrogen and oxygen atoms in total. The fourth-order valence-electron chi connectivity index (χ4n) is 0.248. The molecule has 0 N–H and O–H groups in total. The van der Waals surface area contributed by atoms with Gasteiger partial charge >= 0.3 is 12.1 Å². The molecule has 0 aliphatic rings. The molecule has 1 radical (unpaired) electrons. The van der Waals surface area contributed by atoms with E-state index in [9.17, 15) is 0 Å². The molecule has 0 aliphatic carbocycles. The van der Waals surface area contributed by atoms with Crippen LogP contribution >= 0.6 is 22.4 Å². The topological polar surface area (TPSA) is 50.8 Å². The summed E-state index contributed by atoms with van der Waals surface area (Å²) in [5.74, 6) is 3.81. The summed E-state index contributed by atoms with van der Waals surface area (Å²) in [6.45, 7) is 0. The first-order chi connectivity index (χ1) is 4.22. The molecular weight excluding hydrogens is 227 g/mol. The Morgan fingerprint density at radius 3 is 2.56 bits per heavy atom. The third-order valence-corrected chi connectivity index (χ3v) is 1.88. The van der Waals surface area contributed by atoms with Gasteiger partial charge in [0.15, 0.2) is 0 Å². The lowest BCUT2D eigenvalue weighted by molar-refractivity contribution is 0.863. The van der Waals surface area contributed by atoms with E-state index in [1.54, 1.807) is 11.8 Å². The van der Waals surface area contributed by atoms with Crippen molar-refractivity contribution in [3.05, 3.63) is 0 Å². The molecule has 0 bridgehead atoms. The minimum absolute atomic E-state index is 0.248. The molecule has 0 aromatic heterocycles. The van der Waals surface area contributed by atoms with Crippen molar-refractivity contribution in [3.63, 3.8) is 0 Å². The normalized spacial score (nSPS) is 7.67. The van der Waals surface area contributed by atoms with Crippen molar-refractivity contribution in [3.8, 4) is 11.9 Å². The fourth-order valence-corrected chi connectivity index (χ4v) is 0.408. The highest BCUT2D eigenvalue weighted by Gasteiger charge is 2.15. The number of halogens is 1. The second-order valence-electron chi connectivity index (χ2n) is 1.39. The van der Waals surface area contributed by atoms with Gasteiger partial charge in [-0.15, -0.1) is 22.4 Å². The van der Waals surface area contributed by atoms with E-state index in [0.717, 1.165) is 0 Å². The first-order valence-corrected chi connectivity index (χ1v) is 3.45. The lowest BCUT2D eigenvalue weighted by atomic mass is 9.81. The lowest BCUT2D eigenvalue weighted by Gasteiger charge is -2.07. The highest BCUT2D eigenvalue weighted by atomic mass is 127. The molecule has 0 saturated heterocycles. The van der Waals surface area contributed by atoms with Gasteiger partial charge in [-0.05, 0) is 7.05 Å². The molecule has 43 valence electrons. The number of rotatable bonds is 2. The fraction of sp³-hybridized carbons (Fsp3) is 0.333. The number of hydrogen-bond donors (Lipinski definition) is 0. The minimum atomic E-state index is -0.248. The van der Waals surface area contributed by atoms with Gasteiger partial charge in [-0.3, -0.25) is 0 Å². The van der Waals surface area contributed by atoms with Gasteiger partial charge < -0.3 is 4.72 Å². The zero-order chi connectivity index (χ0) is 7.28. The number of nitriles is 2. The van der Waals surface area contributed by atoms with Gasteiger partial charge in [0.25, 0.3) is 0 Å². The largest absolute Gasteiger partial charge is 0.407 e. The Hall–Kier alpha value is -0.200. The maximum absolute atomic E-state index is 8.30. The Kier molecular flexibility index (Phi) is 4.55. The predicted octanol–water partition coefficient (Wildman–Crippen LogP) is 0.00446. The average molecular weight is 230 g/mol. The van der Waals surface area contributed by atoms with Crippen LogP contribution in [-0.2, 0) is 0 Å². The monoisotopic (exact) mass is 230 g/mol. The summed E-state index contributed by atoms with van der Waals surface area (Å²) in [6.07, 6.45) is 0. The first-order valence-electron chi connectivity index (χ1n) is 2.21. The van der Waals surface area contributed by atoms with E-state index in [0.29, 0.717) is 0 Å². The molecule has 0 heterocycles. The van der Waals surface area contributed by atoms with Crippen LogP contribution < -0.4 is 0 Å². The van der Waals surface area contributed by atoms with Gasteiger partial charge in [0.1, 0.15) is 0 Å². The van der Waals surface area contributed by atoms with Crippen LogP contribution in [-0.4, -0.2) is 23.9 Å². The van der Waals surface area contributed by atoms with Gasteiger partial charge in [-0.1, -0.05) is 0 Å². The summed E-state index contributed by atoms with van der Waals surface area (Å²) in [6, 6.07) is 0. The first kappa shape index (κ1) is 8.80. The van der Waals surface area contributed by atoms with Crippen LogP contribution in [0, 0.1) is 22.5 Å². The summed E-state index contributed by atoms with van der Waals surface area (Å²) >= 11 is 1.94. The quantitative estimate of drug-likeness (QED) is 0.495. The smallest absolute Gasteiger partial charge is 0.355 e. The Bertz CT molecular complexity index is 159. The van der Waals surface area contributed by atoms with E-state index < -0.39 is 0 Å². The third kappa shape index (κ3) is 3.39. The molecule has 0 fully saturated rings. The molecule has 0 aromatic carbocycles. The van der Waals surface area contributed by atoms with Crippen molar-refractivity contribution >= 4 is 34.5 Å². The minimum Gasteiger partial charge on any atom is -0.355 e. The van der Waals surface area contributed by atoms with Crippen LogP contribution in [0.5, 0.6) is 0 Å². The van der Waals surface area contributed by atoms with Gasteiger partial charge in [-0.2, -0.15) is 0 Å². The van der Waals surface area contributed by atoms with E-state index in [1.165, 1.54) is 7.41 Å². The van der Waals surface area contributed by atoms with Crippen LogP contribution in [0.4, 0.5) is 0 Å². The van der Waals surface area contributed by atoms with Gasteiger partial charge in [-0.25, -0.2) is 10.5 Å². The SMILES string of the molecule is CN([B]C#N)B(I)C#N.